The summed E-state index contributed by atoms with van der Waals surface area (Å²) in [6.07, 6.45) is 1.99. The van der Waals surface area contributed by atoms with Crippen LogP contribution in [0.1, 0.15) is 17.4 Å². The Morgan fingerprint density at radius 2 is 2.00 bits per heavy atom. The summed E-state index contributed by atoms with van der Waals surface area (Å²) in [7, 11) is 0. The summed E-state index contributed by atoms with van der Waals surface area (Å²) in [5.74, 6) is 0.410. The van der Waals surface area contributed by atoms with Crippen molar-refractivity contribution in [2.45, 2.75) is 6.10 Å². The monoisotopic (exact) mass is 276 g/mol. The summed E-state index contributed by atoms with van der Waals surface area (Å²) in [6, 6.07) is 3.30. The van der Waals surface area contributed by atoms with Gasteiger partial charge in [0, 0.05) is 5.56 Å². The van der Waals surface area contributed by atoms with Crippen LogP contribution in [-0.2, 0) is 0 Å². The molecule has 0 aromatic carbocycles. The molecule has 0 fully saturated rings. The summed E-state index contributed by atoms with van der Waals surface area (Å²) in [5.41, 5.74) is 0.488. The van der Waals surface area contributed by atoms with Crippen molar-refractivity contribution in [3.63, 3.8) is 0 Å². The molecule has 3 nitrogen and oxygen atoms in total. The van der Waals surface area contributed by atoms with Crippen molar-refractivity contribution in [1.82, 2.24) is 0 Å². The lowest BCUT2D eigenvalue weighted by molar-refractivity contribution is 0.187. The zero-order chi connectivity index (χ0) is 10.1. The number of furan rings is 2. The largest absolute Gasteiger partial charge is 0.465 e. The molecule has 2 rings (SSSR count). The molecule has 1 N–H and O–H groups in total. The van der Waals surface area contributed by atoms with Crippen molar-refractivity contribution >= 4 is 27.5 Å². The molecular formula is C9H6BrClO3. The standard InChI is InChI=1S/C9H6BrClO3/c10-6-2-4-13-8(6)7(12)5-1-3-14-9(5)11/h1-4,7,12H. The van der Waals surface area contributed by atoms with E-state index in [0.717, 1.165) is 0 Å². The lowest BCUT2D eigenvalue weighted by Gasteiger charge is -2.05. The minimum Gasteiger partial charge on any atom is -0.465 e. The summed E-state index contributed by atoms with van der Waals surface area (Å²) < 4.78 is 10.7. The van der Waals surface area contributed by atoms with Gasteiger partial charge >= 0.3 is 0 Å². The fourth-order valence-corrected chi connectivity index (χ4v) is 1.78. The Morgan fingerprint density at radius 1 is 1.29 bits per heavy atom. The van der Waals surface area contributed by atoms with Gasteiger partial charge in [-0.1, -0.05) is 0 Å². The Labute approximate surface area is 93.4 Å². The fraction of sp³-hybridized carbons (Fsp3) is 0.111. The quantitative estimate of drug-likeness (QED) is 0.915. The van der Waals surface area contributed by atoms with Gasteiger partial charge in [-0.05, 0) is 39.7 Å². The van der Waals surface area contributed by atoms with Crippen LogP contribution in [0.5, 0.6) is 0 Å². The summed E-state index contributed by atoms with van der Waals surface area (Å²) in [4.78, 5) is 0. The van der Waals surface area contributed by atoms with Crippen molar-refractivity contribution < 1.29 is 13.9 Å². The second-order valence-electron chi connectivity index (χ2n) is 2.68. The first kappa shape index (κ1) is 9.83. The molecule has 0 aliphatic carbocycles. The van der Waals surface area contributed by atoms with Crippen LogP contribution in [0.3, 0.4) is 0 Å². The molecule has 1 unspecified atom stereocenters. The van der Waals surface area contributed by atoms with Gasteiger partial charge in [-0.3, -0.25) is 0 Å². The molecule has 74 valence electrons. The molecule has 5 heteroatoms. The molecule has 0 saturated carbocycles. The second kappa shape index (κ2) is 3.81. The van der Waals surface area contributed by atoms with Crippen molar-refractivity contribution in [2.24, 2.45) is 0 Å². The summed E-state index contributed by atoms with van der Waals surface area (Å²) in [6.45, 7) is 0. The van der Waals surface area contributed by atoms with Crippen molar-refractivity contribution in [3.05, 3.63) is 45.7 Å². The van der Waals surface area contributed by atoms with E-state index in [9.17, 15) is 5.11 Å². The molecule has 0 bridgehead atoms. The van der Waals surface area contributed by atoms with Gasteiger partial charge in [0.15, 0.2) is 11.0 Å². The maximum absolute atomic E-state index is 9.86. The van der Waals surface area contributed by atoms with Crippen LogP contribution in [0, 0.1) is 0 Å². The Morgan fingerprint density at radius 3 is 2.50 bits per heavy atom. The van der Waals surface area contributed by atoms with Crippen LogP contribution in [0.15, 0.2) is 38.0 Å². The van der Waals surface area contributed by atoms with E-state index in [0.29, 0.717) is 15.8 Å². The fourth-order valence-electron chi connectivity index (χ4n) is 1.14. The number of hydrogen-bond donors (Lipinski definition) is 1. The second-order valence-corrected chi connectivity index (χ2v) is 3.88. The summed E-state index contributed by atoms with van der Waals surface area (Å²) in [5, 5.41) is 10.0. The average molecular weight is 278 g/mol. The molecule has 1 atom stereocenters. The maximum Gasteiger partial charge on any atom is 0.199 e. The van der Waals surface area contributed by atoms with E-state index >= 15 is 0 Å². The molecule has 0 aliphatic heterocycles. The van der Waals surface area contributed by atoms with Crippen LogP contribution in [0.2, 0.25) is 5.22 Å². The van der Waals surface area contributed by atoms with Gasteiger partial charge in [-0.2, -0.15) is 0 Å². The Kier molecular flexibility index (Phi) is 2.67. The van der Waals surface area contributed by atoms with Crippen LogP contribution < -0.4 is 0 Å². The molecule has 0 saturated heterocycles. The molecule has 14 heavy (non-hydrogen) atoms. The Balaban J connectivity index is 2.38. The SMILES string of the molecule is OC(c1ccoc1Cl)c1occc1Br. The molecule has 0 spiro atoms. The molecular weight excluding hydrogens is 271 g/mol. The number of halogens is 2. The zero-order valence-electron chi connectivity index (χ0n) is 6.91. The first-order valence-electron chi connectivity index (χ1n) is 3.84. The number of rotatable bonds is 2. The Hall–Kier alpha value is -0.710. The number of hydrogen-bond acceptors (Lipinski definition) is 3. The predicted molar refractivity (Wildman–Crippen MR) is 54.2 cm³/mol. The number of aliphatic hydroxyl groups is 1. The minimum absolute atomic E-state index is 0.167. The molecule has 2 heterocycles. The summed E-state index contributed by atoms with van der Waals surface area (Å²) >= 11 is 8.97. The zero-order valence-corrected chi connectivity index (χ0v) is 9.25. The average Bonchev–Trinajstić information content (AvgIpc) is 2.73. The number of aliphatic hydroxyl groups excluding tert-OH is 1. The van der Waals surface area contributed by atoms with Crippen molar-refractivity contribution in [1.29, 1.82) is 0 Å². The normalized spacial score (nSPS) is 13.1. The van der Waals surface area contributed by atoms with Crippen LogP contribution in [-0.4, -0.2) is 5.11 Å². The third kappa shape index (κ3) is 1.61. The van der Waals surface area contributed by atoms with Gasteiger partial charge < -0.3 is 13.9 Å². The lowest BCUT2D eigenvalue weighted by Crippen LogP contribution is -1.97. The smallest absolute Gasteiger partial charge is 0.199 e. The molecule has 0 radical (unpaired) electrons. The third-order valence-corrected chi connectivity index (χ3v) is 2.80. The van der Waals surface area contributed by atoms with E-state index in [1.165, 1.54) is 12.5 Å². The highest BCUT2D eigenvalue weighted by Crippen LogP contribution is 2.33. The highest BCUT2D eigenvalue weighted by Gasteiger charge is 2.21. The Bertz CT molecular complexity index is 394. The van der Waals surface area contributed by atoms with Crippen molar-refractivity contribution in [3.8, 4) is 0 Å². The molecule has 2 aromatic rings. The van der Waals surface area contributed by atoms with E-state index < -0.39 is 6.10 Å². The van der Waals surface area contributed by atoms with E-state index in [1.54, 1.807) is 12.1 Å². The van der Waals surface area contributed by atoms with Gasteiger partial charge in [0.05, 0.1) is 17.0 Å². The highest BCUT2D eigenvalue weighted by atomic mass is 79.9. The lowest BCUT2D eigenvalue weighted by atomic mass is 10.1. The highest BCUT2D eigenvalue weighted by molar-refractivity contribution is 9.10. The first-order chi connectivity index (χ1) is 6.70. The van der Waals surface area contributed by atoms with E-state index in [1.807, 2.05) is 0 Å². The van der Waals surface area contributed by atoms with Gasteiger partial charge in [-0.25, -0.2) is 0 Å². The van der Waals surface area contributed by atoms with Crippen LogP contribution in [0.4, 0.5) is 0 Å². The van der Waals surface area contributed by atoms with Gasteiger partial charge in [0.25, 0.3) is 0 Å². The van der Waals surface area contributed by atoms with E-state index in [-0.39, 0.29) is 5.22 Å². The molecule has 0 amide bonds. The van der Waals surface area contributed by atoms with Crippen LogP contribution in [0.25, 0.3) is 0 Å². The van der Waals surface area contributed by atoms with Gasteiger partial charge in [-0.15, -0.1) is 0 Å². The predicted octanol–water partition coefficient (Wildman–Crippen LogP) is 3.37. The van der Waals surface area contributed by atoms with Crippen LogP contribution >= 0.6 is 27.5 Å². The minimum atomic E-state index is -0.911. The first-order valence-corrected chi connectivity index (χ1v) is 5.01. The van der Waals surface area contributed by atoms with Gasteiger partial charge in [0.1, 0.15) is 6.10 Å². The topological polar surface area (TPSA) is 46.5 Å². The van der Waals surface area contributed by atoms with E-state index in [4.69, 9.17) is 20.4 Å². The maximum atomic E-state index is 9.86. The van der Waals surface area contributed by atoms with Gasteiger partial charge in [0.2, 0.25) is 0 Å². The van der Waals surface area contributed by atoms with E-state index in [2.05, 4.69) is 15.9 Å². The van der Waals surface area contributed by atoms with Crippen molar-refractivity contribution in [2.75, 3.05) is 0 Å². The molecule has 2 aromatic heterocycles. The molecule has 0 aliphatic rings. The third-order valence-electron chi connectivity index (χ3n) is 1.83.